The molecular formula is C18H26S. The van der Waals surface area contributed by atoms with Crippen LogP contribution in [0, 0.1) is 0 Å². The van der Waals surface area contributed by atoms with Gasteiger partial charge in [0.15, 0.2) is 0 Å². The van der Waals surface area contributed by atoms with Gasteiger partial charge in [0.2, 0.25) is 0 Å². The van der Waals surface area contributed by atoms with Crippen LogP contribution >= 0.6 is 11.8 Å². The van der Waals surface area contributed by atoms with Gasteiger partial charge < -0.3 is 0 Å². The first-order valence-corrected chi connectivity index (χ1v) is 8.02. The number of rotatable bonds is 7. The van der Waals surface area contributed by atoms with Crippen molar-refractivity contribution >= 4 is 11.8 Å². The fourth-order valence-corrected chi connectivity index (χ4v) is 3.03. The topological polar surface area (TPSA) is 0 Å². The lowest BCUT2D eigenvalue weighted by atomic mass is 10.1. The van der Waals surface area contributed by atoms with Gasteiger partial charge in [-0.3, -0.25) is 0 Å². The first kappa shape index (κ1) is 16.1. The van der Waals surface area contributed by atoms with Crippen molar-refractivity contribution < 1.29 is 0 Å². The Labute approximate surface area is 123 Å². The minimum absolute atomic E-state index is 0.592. The van der Waals surface area contributed by atoms with E-state index in [1.54, 1.807) is 0 Å². The van der Waals surface area contributed by atoms with Gasteiger partial charge in [0.25, 0.3) is 0 Å². The smallest absolute Gasteiger partial charge is 0.0274 e. The maximum Gasteiger partial charge on any atom is 0.0274 e. The van der Waals surface area contributed by atoms with Crippen molar-refractivity contribution in [3.63, 3.8) is 0 Å². The van der Waals surface area contributed by atoms with Crippen LogP contribution in [0.15, 0.2) is 58.5 Å². The lowest BCUT2D eigenvalue weighted by molar-refractivity contribution is 0.918. The zero-order chi connectivity index (χ0) is 14.1. The van der Waals surface area contributed by atoms with Crippen LogP contribution < -0.4 is 0 Å². The summed E-state index contributed by atoms with van der Waals surface area (Å²) in [7, 11) is 0. The summed E-state index contributed by atoms with van der Waals surface area (Å²) >= 11 is 1.96. The third-order valence-electron chi connectivity index (χ3n) is 2.99. The molecule has 0 fully saturated rings. The van der Waals surface area contributed by atoms with E-state index in [-0.39, 0.29) is 0 Å². The van der Waals surface area contributed by atoms with Crippen LogP contribution in [-0.2, 0) is 0 Å². The molecule has 1 unspecified atom stereocenters. The van der Waals surface area contributed by atoms with Crippen LogP contribution in [0.25, 0.3) is 0 Å². The Morgan fingerprint density at radius 1 is 1.16 bits per heavy atom. The molecule has 0 aliphatic rings. The van der Waals surface area contributed by atoms with Gasteiger partial charge in [0, 0.05) is 10.1 Å². The van der Waals surface area contributed by atoms with E-state index in [0.717, 1.165) is 6.42 Å². The predicted octanol–water partition coefficient (Wildman–Crippen LogP) is 6.25. The Kier molecular flexibility index (Phi) is 7.66. The van der Waals surface area contributed by atoms with E-state index in [9.17, 15) is 0 Å². The van der Waals surface area contributed by atoms with E-state index in [4.69, 9.17) is 0 Å². The molecule has 0 aromatic heterocycles. The molecule has 0 N–H and O–H groups in total. The van der Waals surface area contributed by atoms with Gasteiger partial charge in [-0.2, -0.15) is 0 Å². The second-order valence-corrected chi connectivity index (χ2v) is 6.52. The molecule has 1 atom stereocenters. The van der Waals surface area contributed by atoms with Gasteiger partial charge in [-0.15, -0.1) is 11.8 Å². The molecule has 0 aliphatic carbocycles. The van der Waals surface area contributed by atoms with E-state index in [1.165, 1.54) is 28.9 Å². The molecule has 0 bridgehead atoms. The highest BCUT2D eigenvalue weighted by atomic mass is 32.2. The number of allylic oxidation sites excluding steroid dienone is 3. The summed E-state index contributed by atoms with van der Waals surface area (Å²) in [6, 6.07) is 10.7. The van der Waals surface area contributed by atoms with Crippen molar-refractivity contribution in [1.82, 2.24) is 0 Å². The minimum atomic E-state index is 0.592. The monoisotopic (exact) mass is 274 g/mol. The third-order valence-corrected chi connectivity index (χ3v) is 4.31. The van der Waals surface area contributed by atoms with E-state index in [0.29, 0.717) is 5.25 Å². The van der Waals surface area contributed by atoms with Gasteiger partial charge in [-0.25, -0.2) is 0 Å². The molecule has 0 nitrogen and oxygen atoms in total. The van der Waals surface area contributed by atoms with Crippen LogP contribution in [0.5, 0.6) is 0 Å². The molecule has 0 saturated heterocycles. The zero-order valence-electron chi connectivity index (χ0n) is 12.6. The summed E-state index contributed by atoms with van der Waals surface area (Å²) < 4.78 is 0. The van der Waals surface area contributed by atoms with Gasteiger partial charge in [-0.05, 0) is 52.2 Å². The van der Waals surface area contributed by atoms with Crippen LogP contribution in [-0.4, -0.2) is 5.25 Å². The minimum Gasteiger partial charge on any atom is -0.119 e. The summed E-state index contributed by atoms with van der Waals surface area (Å²) in [5, 5.41) is 0.592. The van der Waals surface area contributed by atoms with Crippen molar-refractivity contribution in [3.8, 4) is 0 Å². The van der Waals surface area contributed by atoms with Crippen LogP contribution in [0.3, 0.4) is 0 Å². The number of hydrogen-bond donors (Lipinski definition) is 0. The Bertz CT molecular complexity index is 411. The second-order valence-electron chi connectivity index (χ2n) is 5.21. The molecule has 0 aliphatic heterocycles. The Hall–Kier alpha value is -0.950. The first-order chi connectivity index (χ1) is 9.11. The molecule has 1 rings (SSSR count). The molecule has 104 valence electrons. The van der Waals surface area contributed by atoms with Crippen LogP contribution in [0.2, 0.25) is 0 Å². The maximum absolute atomic E-state index is 2.44. The quantitative estimate of drug-likeness (QED) is 0.418. The fourth-order valence-electron chi connectivity index (χ4n) is 1.90. The second kappa shape index (κ2) is 9.03. The van der Waals surface area contributed by atoms with Gasteiger partial charge in [0.05, 0.1) is 0 Å². The molecule has 19 heavy (non-hydrogen) atoms. The predicted molar refractivity (Wildman–Crippen MR) is 88.8 cm³/mol. The largest absolute Gasteiger partial charge is 0.119 e. The Morgan fingerprint density at radius 2 is 1.84 bits per heavy atom. The molecule has 0 heterocycles. The maximum atomic E-state index is 2.44. The van der Waals surface area contributed by atoms with E-state index >= 15 is 0 Å². The number of hydrogen-bond acceptors (Lipinski definition) is 1. The van der Waals surface area contributed by atoms with Gasteiger partial charge in [0.1, 0.15) is 0 Å². The molecular weight excluding hydrogens is 248 g/mol. The van der Waals surface area contributed by atoms with Gasteiger partial charge in [-0.1, -0.05) is 48.4 Å². The lowest BCUT2D eigenvalue weighted by Crippen LogP contribution is -1.97. The SMILES string of the molecule is CCC(/C=C(\C)CCC=C(C)C)Sc1ccccc1. The van der Waals surface area contributed by atoms with E-state index in [2.05, 4.69) is 70.2 Å². The van der Waals surface area contributed by atoms with Crippen LogP contribution in [0.1, 0.15) is 47.0 Å². The molecule has 0 spiro atoms. The van der Waals surface area contributed by atoms with Crippen molar-refractivity contribution in [3.05, 3.63) is 53.6 Å². The van der Waals surface area contributed by atoms with Crippen molar-refractivity contribution in [1.29, 1.82) is 0 Å². The Morgan fingerprint density at radius 3 is 2.42 bits per heavy atom. The van der Waals surface area contributed by atoms with Crippen molar-refractivity contribution in [2.75, 3.05) is 0 Å². The first-order valence-electron chi connectivity index (χ1n) is 7.14. The Balaban J connectivity index is 2.53. The standard InChI is InChI=1S/C18H26S/c1-5-17(19-18-12-7-6-8-13-18)14-16(4)11-9-10-15(2)3/h6-8,10,12-14,17H,5,9,11H2,1-4H3/b16-14+. The van der Waals surface area contributed by atoms with E-state index < -0.39 is 0 Å². The summed E-state index contributed by atoms with van der Waals surface area (Å²) in [5.74, 6) is 0. The molecule has 1 heteroatoms. The fraction of sp³-hybridized carbons (Fsp3) is 0.444. The average molecular weight is 274 g/mol. The summed E-state index contributed by atoms with van der Waals surface area (Å²) in [4.78, 5) is 1.36. The van der Waals surface area contributed by atoms with E-state index in [1.807, 2.05) is 11.8 Å². The number of thioether (sulfide) groups is 1. The molecule has 1 aromatic rings. The molecule has 0 amide bonds. The third kappa shape index (κ3) is 7.27. The molecule has 0 saturated carbocycles. The lowest BCUT2D eigenvalue weighted by Gasteiger charge is -2.11. The van der Waals surface area contributed by atoms with Crippen molar-refractivity contribution in [2.24, 2.45) is 0 Å². The average Bonchev–Trinajstić information content (AvgIpc) is 2.38. The highest BCUT2D eigenvalue weighted by Gasteiger charge is 2.05. The van der Waals surface area contributed by atoms with Crippen LogP contribution in [0.4, 0.5) is 0 Å². The normalized spacial score (nSPS) is 13.2. The highest BCUT2D eigenvalue weighted by molar-refractivity contribution is 8.00. The molecule has 1 aromatic carbocycles. The highest BCUT2D eigenvalue weighted by Crippen LogP contribution is 2.27. The summed E-state index contributed by atoms with van der Waals surface area (Å²) in [6.45, 7) is 8.85. The van der Waals surface area contributed by atoms with Gasteiger partial charge >= 0.3 is 0 Å². The molecule has 0 radical (unpaired) electrons. The summed E-state index contributed by atoms with van der Waals surface area (Å²) in [6.07, 6.45) is 8.28. The number of benzene rings is 1. The summed E-state index contributed by atoms with van der Waals surface area (Å²) in [5.41, 5.74) is 2.92. The zero-order valence-corrected chi connectivity index (χ0v) is 13.5. The van der Waals surface area contributed by atoms with Crippen molar-refractivity contribution in [2.45, 2.75) is 57.1 Å².